The van der Waals surface area contributed by atoms with Crippen LogP contribution in [0.4, 0.5) is 0 Å². The monoisotopic (exact) mass is 312 g/mol. The van der Waals surface area contributed by atoms with Crippen molar-refractivity contribution < 1.29 is 4.79 Å². The van der Waals surface area contributed by atoms with Gasteiger partial charge in [0.1, 0.15) is 0 Å². The molecule has 3 heterocycles. The average molecular weight is 312 g/mol. The highest BCUT2D eigenvalue weighted by Gasteiger charge is 2.36. The molecule has 5 heteroatoms. The quantitative estimate of drug-likeness (QED) is 0.870. The lowest BCUT2D eigenvalue weighted by Gasteiger charge is -2.29. The molecule has 2 bridgehead atoms. The van der Waals surface area contributed by atoms with Gasteiger partial charge in [-0.25, -0.2) is 4.98 Å². The molecule has 0 spiro atoms. The lowest BCUT2D eigenvalue weighted by atomic mass is 9.99. The number of imidazole rings is 1. The van der Waals surface area contributed by atoms with E-state index in [0.29, 0.717) is 11.9 Å². The Morgan fingerprint density at radius 3 is 2.96 bits per heavy atom. The number of likely N-dealkylation sites (tertiary alicyclic amines) is 1. The van der Waals surface area contributed by atoms with E-state index in [0.717, 1.165) is 44.5 Å². The van der Waals surface area contributed by atoms with Crippen LogP contribution in [0.2, 0.25) is 0 Å². The number of nitrogens with zero attached hydrogens (tertiary/aromatic N) is 4. The number of benzene rings is 1. The van der Waals surface area contributed by atoms with Crippen LogP contribution in [0.1, 0.15) is 19.3 Å². The molecule has 2 fully saturated rings. The fraction of sp³-hybridized carbons (Fsp3) is 0.556. The molecule has 2 atom stereocenters. The maximum atomic E-state index is 12.5. The molecule has 2 aromatic rings. The van der Waals surface area contributed by atoms with Gasteiger partial charge in [0, 0.05) is 39.3 Å². The fourth-order valence-corrected chi connectivity index (χ4v) is 4.07. The number of likely N-dealkylation sites (N-methyl/N-ethyl adjacent to an activating group) is 1. The van der Waals surface area contributed by atoms with Gasteiger partial charge in [-0.3, -0.25) is 9.69 Å². The predicted octanol–water partition coefficient (Wildman–Crippen LogP) is 1.98. The Balaban J connectivity index is 1.48. The summed E-state index contributed by atoms with van der Waals surface area (Å²) < 4.78 is 2.22. The van der Waals surface area contributed by atoms with Gasteiger partial charge in [-0.05, 0) is 25.0 Å². The molecule has 0 unspecified atom stereocenters. The van der Waals surface area contributed by atoms with Crippen molar-refractivity contribution in [1.29, 1.82) is 0 Å². The van der Waals surface area contributed by atoms with Crippen molar-refractivity contribution in [2.75, 3.05) is 26.7 Å². The molecule has 0 aliphatic carbocycles. The Bertz CT molecular complexity index is 710. The maximum Gasteiger partial charge on any atom is 0.227 e. The van der Waals surface area contributed by atoms with Crippen molar-refractivity contribution in [3.05, 3.63) is 30.6 Å². The minimum Gasteiger partial charge on any atom is -0.341 e. The minimum atomic E-state index is 0.187. The van der Waals surface area contributed by atoms with Crippen LogP contribution >= 0.6 is 0 Å². The van der Waals surface area contributed by atoms with Crippen molar-refractivity contribution in [3.63, 3.8) is 0 Å². The van der Waals surface area contributed by atoms with Crippen molar-refractivity contribution >= 4 is 16.9 Å². The van der Waals surface area contributed by atoms with Crippen LogP contribution in [0, 0.1) is 5.92 Å². The van der Waals surface area contributed by atoms with Crippen LogP contribution in [0.3, 0.4) is 0 Å². The third-order valence-corrected chi connectivity index (χ3v) is 5.47. The molecule has 0 radical (unpaired) electrons. The van der Waals surface area contributed by atoms with Crippen LogP contribution < -0.4 is 0 Å². The van der Waals surface area contributed by atoms with Gasteiger partial charge >= 0.3 is 0 Å². The van der Waals surface area contributed by atoms with Crippen LogP contribution in [-0.4, -0.2) is 58.0 Å². The van der Waals surface area contributed by atoms with E-state index in [1.165, 1.54) is 11.9 Å². The number of hydrogen-bond acceptors (Lipinski definition) is 3. The van der Waals surface area contributed by atoms with E-state index in [9.17, 15) is 4.79 Å². The van der Waals surface area contributed by atoms with E-state index in [2.05, 4.69) is 32.7 Å². The topological polar surface area (TPSA) is 41.4 Å². The zero-order valence-electron chi connectivity index (χ0n) is 13.7. The second kappa shape index (κ2) is 5.96. The van der Waals surface area contributed by atoms with Gasteiger partial charge in [-0.2, -0.15) is 0 Å². The summed E-state index contributed by atoms with van der Waals surface area (Å²) in [7, 11) is 1.98. The van der Waals surface area contributed by atoms with Gasteiger partial charge in [0.25, 0.3) is 0 Å². The zero-order valence-corrected chi connectivity index (χ0v) is 13.7. The summed E-state index contributed by atoms with van der Waals surface area (Å²) in [6.45, 7) is 3.82. The van der Waals surface area contributed by atoms with Crippen LogP contribution in [0.15, 0.2) is 30.6 Å². The molecule has 122 valence electrons. The highest BCUT2D eigenvalue weighted by Crippen LogP contribution is 2.26. The summed E-state index contributed by atoms with van der Waals surface area (Å²) in [5.41, 5.74) is 2.24. The van der Waals surface area contributed by atoms with Crippen molar-refractivity contribution in [1.82, 2.24) is 19.4 Å². The number of amides is 1. The molecule has 5 nitrogen and oxygen atoms in total. The summed E-state index contributed by atoms with van der Waals surface area (Å²) in [6.07, 6.45) is 5.30. The van der Waals surface area contributed by atoms with E-state index < -0.39 is 0 Å². The number of para-hydroxylation sites is 2. The van der Waals surface area contributed by atoms with Crippen LogP contribution in [-0.2, 0) is 11.3 Å². The first kappa shape index (κ1) is 14.7. The zero-order chi connectivity index (χ0) is 15.8. The lowest BCUT2D eigenvalue weighted by molar-refractivity contribution is -0.134. The molecule has 2 aliphatic heterocycles. The first-order chi connectivity index (χ1) is 11.2. The number of aromatic nitrogens is 2. The molecular weight excluding hydrogens is 288 g/mol. The first-order valence-electron chi connectivity index (χ1n) is 8.61. The Morgan fingerprint density at radius 2 is 2.04 bits per heavy atom. The van der Waals surface area contributed by atoms with Gasteiger partial charge in [-0.15, -0.1) is 0 Å². The largest absolute Gasteiger partial charge is 0.341 e. The third-order valence-electron chi connectivity index (χ3n) is 5.47. The molecular formula is C18H24N4O. The van der Waals surface area contributed by atoms with Crippen molar-refractivity contribution in [2.24, 2.45) is 5.92 Å². The van der Waals surface area contributed by atoms with Crippen LogP contribution in [0.5, 0.6) is 0 Å². The van der Waals surface area contributed by atoms with E-state index in [1.807, 2.05) is 24.3 Å². The number of hydrogen-bond donors (Lipinski definition) is 0. The summed E-state index contributed by atoms with van der Waals surface area (Å²) >= 11 is 0. The minimum absolute atomic E-state index is 0.187. The maximum absolute atomic E-state index is 12.5. The van der Waals surface area contributed by atoms with Gasteiger partial charge < -0.3 is 9.47 Å². The number of carbonyl (C=O) groups excluding carboxylic acids is 1. The van der Waals surface area contributed by atoms with E-state index in [-0.39, 0.29) is 5.92 Å². The number of fused-ring (bicyclic) bond motifs is 4. The molecule has 2 aliphatic rings. The van der Waals surface area contributed by atoms with Crippen LogP contribution in [0.25, 0.3) is 11.0 Å². The smallest absolute Gasteiger partial charge is 0.227 e. The molecule has 0 N–H and O–H groups in total. The molecule has 23 heavy (non-hydrogen) atoms. The van der Waals surface area contributed by atoms with Gasteiger partial charge in [0.15, 0.2) is 0 Å². The standard InChI is InChI=1S/C18H24N4O/c1-20-15-6-4-5-14(18(20)23)11-21(12-15)9-10-22-13-19-16-7-2-3-8-17(16)22/h2-3,7-8,13-15H,4-6,9-12H2,1H3/t14-,15+/m1/s1. The second-order valence-electron chi connectivity index (χ2n) is 6.92. The first-order valence-corrected chi connectivity index (χ1v) is 8.61. The fourth-order valence-electron chi connectivity index (χ4n) is 4.07. The van der Waals surface area contributed by atoms with Gasteiger partial charge in [0.05, 0.1) is 23.3 Å². The number of rotatable bonds is 3. The van der Waals surface area contributed by atoms with Gasteiger partial charge in [-0.1, -0.05) is 18.6 Å². The Hall–Kier alpha value is -1.88. The Kier molecular flexibility index (Phi) is 3.81. The summed E-state index contributed by atoms with van der Waals surface area (Å²) in [5, 5.41) is 0. The van der Waals surface area contributed by atoms with Crippen molar-refractivity contribution in [3.8, 4) is 0 Å². The molecule has 0 saturated carbocycles. The second-order valence-corrected chi connectivity index (χ2v) is 6.92. The molecule has 4 rings (SSSR count). The average Bonchev–Trinajstić information content (AvgIpc) is 2.86. The molecule has 1 aromatic heterocycles. The molecule has 1 amide bonds. The van der Waals surface area contributed by atoms with Gasteiger partial charge in [0.2, 0.25) is 5.91 Å². The third kappa shape index (κ3) is 2.74. The SMILES string of the molecule is CN1C(=O)[C@@H]2CCC[C@H]1CN(CCn1cnc3ccccc31)C2. The normalized spacial score (nSPS) is 25.8. The molecule has 1 aromatic carbocycles. The lowest BCUT2D eigenvalue weighted by Crippen LogP contribution is -2.41. The summed E-state index contributed by atoms with van der Waals surface area (Å²) in [5.74, 6) is 0.537. The van der Waals surface area contributed by atoms with E-state index >= 15 is 0 Å². The van der Waals surface area contributed by atoms with E-state index in [4.69, 9.17) is 0 Å². The number of carbonyl (C=O) groups is 1. The highest BCUT2D eigenvalue weighted by atomic mass is 16.2. The molecule has 2 saturated heterocycles. The Labute approximate surface area is 136 Å². The van der Waals surface area contributed by atoms with Crippen molar-refractivity contribution in [2.45, 2.75) is 31.8 Å². The summed E-state index contributed by atoms with van der Waals surface area (Å²) in [4.78, 5) is 21.4. The van der Waals surface area contributed by atoms with E-state index in [1.54, 1.807) is 0 Å². The highest BCUT2D eigenvalue weighted by molar-refractivity contribution is 5.79. The Morgan fingerprint density at radius 1 is 1.17 bits per heavy atom. The summed E-state index contributed by atoms with van der Waals surface area (Å²) in [6, 6.07) is 8.64. The predicted molar refractivity (Wildman–Crippen MR) is 90.1 cm³/mol.